The zero-order chi connectivity index (χ0) is 32.5. The number of hydrogen-bond donors (Lipinski definition) is 5. The van der Waals surface area contributed by atoms with E-state index in [2.05, 4.69) is 22.0 Å². The molecular weight excluding hydrogens is 609 g/mol. The van der Waals surface area contributed by atoms with Crippen molar-refractivity contribution in [2.75, 3.05) is 26.0 Å². The number of hydrogen-bond acceptors (Lipinski definition) is 8. The molecule has 0 spiro atoms. The quantitative estimate of drug-likeness (QED) is 0.176. The molecule has 5 N–H and O–H groups in total. The van der Waals surface area contributed by atoms with Crippen molar-refractivity contribution in [1.82, 2.24) is 20.9 Å². The van der Waals surface area contributed by atoms with Gasteiger partial charge in [-0.05, 0) is 59.6 Å². The zero-order valence-electron chi connectivity index (χ0n) is 26.1. The smallest absolute Gasteiger partial charge is 0.256 e. The molecule has 11 heteroatoms. The predicted octanol–water partition coefficient (Wildman–Crippen LogP) is 3.87. The Morgan fingerprint density at radius 3 is 2.49 bits per heavy atom. The van der Waals surface area contributed by atoms with Crippen LogP contribution in [0.4, 0.5) is 0 Å². The van der Waals surface area contributed by atoms with E-state index < -0.39 is 24.1 Å². The first kappa shape index (κ1) is 34.5. The van der Waals surface area contributed by atoms with Gasteiger partial charge in [-0.15, -0.1) is 11.8 Å². The molecule has 0 saturated carbocycles. The maximum absolute atomic E-state index is 14.0. The number of amides is 3. The number of carbonyl (C=O) groups is 3. The number of carbonyl (C=O) groups excluding carboxylic acids is 3. The fraction of sp³-hybridized carbons (Fsp3) is 0.382. The van der Waals surface area contributed by atoms with E-state index >= 15 is 0 Å². The molecule has 0 aromatic heterocycles. The Hall–Kier alpha value is -3.35. The number of rotatable bonds is 13. The van der Waals surface area contributed by atoms with E-state index in [1.54, 1.807) is 16.7 Å². The van der Waals surface area contributed by atoms with Gasteiger partial charge < -0.3 is 31.1 Å². The lowest BCUT2D eigenvalue weighted by Crippen LogP contribution is -2.54. The first-order valence-electron chi connectivity index (χ1n) is 15.1. The van der Waals surface area contributed by atoms with Gasteiger partial charge in [-0.3, -0.25) is 14.4 Å². The molecule has 3 aromatic carbocycles. The Kier molecular flexibility index (Phi) is 12.5. The van der Waals surface area contributed by atoms with Crippen LogP contribution in [0.15, 0.2) is 76.5 Å². The third-order valence-corrected chi connectivity index (χ3v) is 9.48. The van der Waals surface area contributed by atoms with Gasteiger partial charge in [0.2, 0.25) is 5.91 Å². The monoisotopic (exact) mass is 650 g/mol. The summed E-state index contributed by atoms with van der Waals surface area (Å²) in [5.41, 5.74) is 4.25. The van der Waals surface area contributed by atoms with Crippen LogP contribution in [0, 0.1) is 5.92 Å². The molecule has 1 heterocycles. The summed E-state index contributed by atoms with van der Waals surface area (Å²) in [6.07, 6.45) is 1.01. The average molecular weight is 651 g/mol. The van der Waals surface area contributed by atoms with Gasteiger partial charge in [-0.25, -0.2) is 0 Å². The summed E-state index contributed by atoms with van der Waals surface area (Å²) < 4.78 is 0. The van der Waals surface area contributed by atoms with Gasteiger partial charge in [-0.1, -0.05) is 74.1 Å². The minimum atomic E-state index is -0.992. The van der Waals surface area contributed by atoms with Gasteiger partial charge >= 0.3 is 0 Å². The molecule has 4 rings (SSSR count). The summed E-state index contributed by atoms with van der Waals surface area (Å²) in [7, 11) is 0. The van der Waals surface area contributed by atoms with E-state index in [1.807, 2.05) is 87.7 Å². The summed E-state index contributed by atoms with van der Waals surface area (Å²) in [6.45, 7) is 6.55. The van der Waals surface area contributed by atoms with Crippen molar-refractivity contribution in [2.24, 2.45) is 5.92 Å². The normalized spacial score (nSPS) is 16.1. The second-order valence-corrected chi connectivity index (χ2v) is 13.3. The van der Waals surface area contributed by atoms with Crippen molar-refractivity contribution in [2.45, 2.75) is 61.2 Å². The van der Waals surface area contributed by atoms with E-state index in [9.17, 15) is 24.6 Å². The van der Waals surface area contributed by atoms with E-state index in [-0.39, 0.29) is 30.2 Å². The molecule has 0 fully saturated rings. The number of nitrogens with zero attached hydrogens (tertiary/aromatic N) is 1. The Bertz CT molecular complexity index is 1480. The van der Waals surface area contributed by atoms with Gasteiger partial charge in [0.15, 0.2) is 5.37 Å². The highest BCUT2D eigenvalue weighted by Crippen LogP contribution is 2.35. The lowest BCUT2D eigenvalue weighted by molar-refractivity contribution is -0.135. The molecule has 0 aliphatic carbocycles. The van der Waals surface area contributed by atoms with Crippen LogP contribution in [0.2, 0.25) is 0 Å². The van der Waals surface area contributed by atoms with Gasteiger partial charge in [0.1, 0.15) is 0 Å². The van der Waals surface area contributed by atoms with Crippen molar-refractivity contribution in [1.29, 1.82) is 0 Å². The van der Waals surface area contributed by atoms with Crippen molar-refractivity contribution in [3.05, 3.63) is 83.4 Å². The van der Waals surface area contributed by atoms with Gasteiger partial charge in [-0.2, -0.15) is 0 Å². The molecular formula is C34H42N4O5S2. The predicted molar refractivity (Wildman–Crippen MR) is 180 cm³/mol. The van der Waals surface area contributed by atoms with Gasteiger partial charge in [0.25, 0.3) is 11.8 Å². The SMILES string of the molecule is CCNC(=O)c1ccccc1-c1ccc(CN2Cc3ccc(SC)cc3S[C@@H](NC(=O)C(NC[C@H](O)CO)C(C)C)C2=O)cc1. The maximum atomic E-state index is 14.0. The molecule has 1 unspecified atom stereocenters. The number of aliphatic hydroxyl groups is 2. The summed E-state index contributed by atoms with van der Waals surface area (Å²) in [6, 6.07) is 20.8. The van der Waals surface area contributed by atoms with Crippen LogP contribution in [-0.4, -0.2) is 76.3 Å². The van der Waals surface area contributed by atoms with Crippen LogP contribution in [0.3, 0.4) is 0 Å². The highest BCUT2D eigenvalue weighted by atomic mass is 32.2. The van der Waals surface area contributed by atoms with Crippen molar-refractivity contribution >= 4 is 41.2 Å². The molecule has 0 saturated heterocycles. The molecule has 0 radical (unpaired) electrons. The Morgan fingerprint density at radius 2 is 1.82 bits per heavy atom. The van der Waals surface area contributed by atoms with E-state index in [1.165, 1.54) is 11.8 Å². The summed E-state index contributed by atoms with van der Waals surface area (Å²) in [4.78, 5) is 43.9. The molecule has 240 valence electrons. The van der Waals surface area contributed by atoms with Crippen LogP contribution in [0.1, 0.15) is 42.3 Å². The minimum absolute atomic E-state index is 0.0499. The van der Waals surface area contributed by atoms with Crippen LogP contribution < -0.4 is 16.0 Å². The molecule has 9 nitrogen and oxygen atoms in total. The first-order chi connectivity index (χ1) is 21.6. The topological polar surface area (TPSA) is 131 Å². The zero-order valence-corrected chi connectivity index (χ0v) is 27.7. The number of fused-ring (bicyclic) bond motifs is 1. The number of aliphatic hydroxyl groups excluding tert-OH is 2. The van der Waals surface area contributed by atoms with Crippen molar-refractivity contribution in [3.63, 3.8) is 0 Å². The van der Waals surface area contributed by atoms with Gasteiger partial charge in [0, 0.05) is 41.5 Å². The third kappa shape index (κ3) is 8.89. The molecule has 3 amide bonds. The molecule has 1 aliphatic heterocycles. The second-order valence-electron chi connectivity index (χ2n) is 11.2. The van der Waals surface area contributed by atoms with Gasteiger partial charge in [0.05, 0.1) is 18.8 Å². The molecule has 45 heavy (non-hydrogen) atoms. The Labute approximate surface area is 273 Å². The number of thioether (sulfide) groups is 2. The standard InChI is InChI=1S/C34H42N4O5S2/c1-5-35-31(41)28-9-7-6-8-27(28)23-12-10-22(11-13-23)18-38-19-24-14-15-26(44-4)16-29(24)45-33(34(38)43)37-32(42)30(21(2)3)36-17-25(40)20-39/h6-16,21,25,30,33,36,39-40H,5,17-20H2,1-4H3,(H,35,41)(H,37,42)/t25-,30?,33+/m0/s1. The maximum Gasteiger partial charge on any atom is 0.256 e. The molecule has 1 aliphatic rings. The fourth-order valence-corrected chi connectivity index (χ4v) is 6.80. The van der Waals surface area contributed by atoms with Crippen molar-refractivity contribution in [3.8, 4) is 11.1 Å². The van der Waals surface area contributed by atoms with Crippen LogP contribution in [0.25, 0.3) is 11.1 Å². The van der Waals surface area contributed by atoms with E-state index in [0.29, 0.717) is 25.2 Å². The number of benzene rings is 3. The summed E-state index contributed by atoms with van der Waals surface area (Å²) in [5, 5.41) is 27.0. The fourth-order valence-electron chi connectivity index (χ4n) is 5.13. The summed E-state index contributed by atoms with van der Waals surface area (Å²) >= 11 is 2.95. The highest BCUT2D eigenvalue weighted by Gasteiger charge is 2.34. The van der Waals surface area contributed by atoms with E-state index in [0.717, 1.165) is 32.0 Å². The van der Waals surface area contributed by atoms with E-state index in [4.69, 9.17) is 0 Å². The Morgan fingerprint density at radius 1 is 1.09 bits per heavy atom. The number of nitrogens with one attached hydrogen (secondary N) is 3. The molecule has 0 bridgehead atoms. The Balaban J connectivity index is 1.58. The largest absolute Gasteiger partial charge is 0.394 e. The molecule has 3 atom stereocenters. The van der Waals surface area contributed by atoms with Crippen LogP contribution in [0.5, 0.6) is 0 Å². The van der Waals surface area contributed by atoms with Crippen molar-refractivity contribution < 1.29 is 24.6 Å². The summed E-state index contributed by atoms with van der Waals surface area (Å²) in [5.74, 6) is -0.801. The van der Waals surface area contributed by atoms with Crippen LogP contribution >= 0.6 is 23.5 Å². The third-order valence-electron chi connectivity index (χ3n) is 7.57. The highest BCUT2D eigenvalue weighted by molar-refractivity contribution is 8.01. The minimum Gasteiger partial charge on any atom is -0.394 e. The van der Waals surface area contributed by atoms with Crippen LogP contribution in [-0.2, 0) is 22.7 Å². The average Bonchev–Trinajstić information content (AvgIpc) is 3.16. The second kappa shape index (κ2) is 16.3. The first-order valence-corrected chi connectivity index (χ1v) is 17.2. The lowest BCUT2D eigenvalue weighted by atomic mass is 9.98. The molecule has 3 aromatic rings. The lowest BCUT2D eigenvalue weighted by Gasteiger charge is -2.28.